The number of carbonyl (C=O) groups excluding carboxylic acids is 2. The summed E-state index contributed by atoms with van der Waals surface area (Å²) >= 11 is 5.93. The molecule has 110 valence electrons. The molecule has 1 N–H and O–H groups in total. The smallest absolute Gasteiger partial charge is 0.326 e. The Morgan fingerprint density at radius 2 is 2.10 bits per heavy atom. The predicted octanol–water partition coefficient (Wildman–Crippen LogP) is 2.15. The Bertz CT molecular complexity index is 474. The molecule has 1 aliphatic carbocycles. The van der Waals surface area contributed by atoms with Crippen molar-refractivity contribution in [1.82, 2.24) is 4.90 Å². The molecule has 2 amide bonds. The van der Waals surface area contributed by atoms with Crippen molar-refractivity contribution < 1.29 is 19.5 Å². The van der Waals surface area contributed by atoms with Crippen LogP contribution in [0.5, 0.6) is 0 Å². The van der Waals surface area contributed by atoms with Gasteiger partial charge in [0.1, 0.15) is 6.04 Å². The summed E-state index contributed by atoms with van der Waals surface area (Å²) in [6, 6.07) is -1.04. The SMILES string of the molecule is CCCC[C@@H](C(=O)O)N1C(=O)[C@H]2CC=C(Cl)C[C@@H]2C1=O. The monoisotopic (exact) mass is 299 g/mol. The van der Waals surface area contributed by atoms with E-state index in [0.717, 1.165) is 11.3 Å². The number of unbranched alkanes of at least 4 members (excludes halogenated alkanes) is 1. The number of imide groups is 1. The molecule has 2 aliphatic rings. The van der Waals surface area contributed by atoms with Gasteiger partial charge in [-0.05, 0) is 19.3 Å². The highest BCUT2D eigenvalue weighted by Crippen LogP contribution is 2.40. The Labute approximate surface area is 122 Å². The maximum atomic E-state index is 12.4. The minimum atomic E-state index is -1.11. The highest BCUT2D eigenvalue weighted by molar-refractivity contribution is 6.30. The van der Waals surface area contributed by atoms with Crippen molar-refractivity contribution in [1.29, 1.82) is 0 Å². The number of likely N-dealkylation sites (tertiary alicyclic amines) is 1. The Kier molecular flexibility index (Phi) is 4.48. The number of hydrogen-bond acceptors (Lipinski definition) is 3. The van der Waals surface area contributed by atoms with Gasteiger partial charge in [-0.15, -0.1) is 0 Å². The number of fused-ring (bicyclic) bond motifs is 1. The first-order valence-corrected chi connectivity index (χ1v) is 7.29. The van der Waals surface area contributed by atoms with Crippen LogP contribution in [0.4, 0.5) is 0 Å². The van der Waals surface area contributed by atoms with Gasteiger partial charge < -0.3 is 5.11 Å². The number of amides is 2. The summed E-state index contributed by atoms with van der Waals surface area (Å²) in [4.78, 5) is 37.0. The third-order valence-corrected chi connectivity index (χ3v) is 4.34. The highest BCUT2D eigenvalue weighted by atomic mass is 35.5. The Hall–Kier alpha value is -1.36. The van der Waals surface area contributed by atoms with Crippen LogP contribution in [0.3, 0.4) is 0 Å². The Balaban J connectivity index is 2.22. The van der Waals surface area contributed by atoms with E-state index in [4.69, 9.17) is 11.6 Å². The Morgan fingerprint density at radius 3 is 2.70 bits per heavy atom. The molecule has 0 radical (unpaired) electrons. The molecule has 1 saturated heterocycles. The minimum Gasteiger partial charge on any atom is -0.480 e. The lowest BCUT2D eigenvalue weighted by molar-refractivity contribution is -0.155. The van der Waals surface area contributed by atoms with Crippen molar-refractivity contribution in [2.24, 2.45) is 11.8 Å². The van der Waals surface area contributed by atoms with E-state index in [1.165, 1.54) is 0 Å². The van der Waals surface area contributed by atoms with Crippen LogP contribution >= 0.6 is 11.6 Å². The maximum absolute atomic E-state index is 12.4. The van der Waals surface area contributed by atoms with Gasteiger partial charge in [-0.3, -0.25) is 14.5 Å². The number of hydrogen-bond donors (Lipinski definition) is 1. The molecule has 0 aromatic heterocycles. The van der Waals surface area contributed by atoms with Crippen LogP contribution in [0.25, 0.3) is 0 Å². The van der Waals surface area contributed by atoms with Gasteiger partial charge in [0.05, 0.1) is 11.8 Å². The van der Waals surface area contributed by atoms with Gasteiger partial charge in [0.25, 0.3) is 0 Å². The molecular weight excluding hydrogens is 282 g/mol. The number of nitrogens with zero attached hydrogens (tertiary/aromatic N) is 1. The van der Waals surface area contributed by atoms with E-state index in [-0.39, 0.29) is 11.8 Å². The zero-order valence-corrected chi connectivity index (χ0v) is 12.1. The van der Waals surface area contributed by atoms with Gasteiger partial charge in [0, 0.05) is 5.03 Å². The number of aliphatic carboxylic acids is 1. The molecule has 20 heavy (non-hydrogen) atoms. The number of allylic oxidation sites excluding steroid dienone is 2. The summed E-state index contributed by atoms with van der Waals surface area (Å²) in [5, 5.41) is 9.87. The summed E-state index contributed by atoms with van der Waals surface area (Å²) in [6.45, 7) is 1.94. The van der Waals surface area contributed by atoms with E-state index in [1.807, 2.05) is 6.92 Å². The molecule has 0 aromatic rings. The van der Waals surface area contributed by atoms with Crippen molar-refractivity contribution in [3.63, 3.8) is 0 Å². The quantitative estimate of drug-likeness (QED) is 0.789. The van der Waals surface area contributed by atoms with Gasteiger partial charge in [-0.2, -0.15) is 0 Å². The summed E-state index contributed by atoms with van der Waals surface area (Å²) in [6.07, 6.45) is 4.31. The number of carboxylic acids is 1. The molecule has 0 unspecified atom stereocenters. The van der Waals surface area contributed by atoms with Gasteiger partial charge >= 0.3 is 5.97 Å². The minimum absolute atomic E-state index is 0.309. The molecule has 1 heterocycles. The lowest BCUT2D eigenvalue weighted by Gasteiger charge is -2.22. The topological polar surface area (TPSA) is 74.7 Å². The fraction of sp³-hybridized carbons (Fsp3) is 0.643. The predicted molar refractivity (Wildman–Crippen MR) is 73.0 cm³/mol. The van der Waals surface area contributed by atoms with Crippen LogP contribution in [-0.4, -0.2) is 33.8 Å². The number of carbonyl (C=O) groups is 3. The first-order chi connectivity index (χ1) is 9.47. The molecule has 0 bridgehead atoms. The normalized spacial score (nSPS) is 27.3. The average molecular weight is 300 g/mol. The van der Waals surface area contributed by atoms with E-state index in [2.05, 4.69) is 0 Å². The molecule has 0 aromatic carbocycles. The van der Waals surface area contributed by atoms with Crippen LogP contribution in [0, 0.1) is 11.8 Å². The van der Waals surface area contributed by atoms with E-state index in [9.17, 15) is 19.5 Å². The first kappa shape index (κ1) is 15.0. The molecule has 0 saturated carbocycles. The standard InChI is InChI=1S/C14H18ClNO4/c1-2-3-4-11(14(19)20)16-12(17)9-6-5-8(15)7-10(9)13(16)18/h5,9-11H,2-4,6-7H2,1H3,(H,19,20)/t9-,10-,11-/m0/s1. The second-order valence-electron chi connectivity index (χ2n) is 5.35. The lowest BCUT2D eigenvalue weighted by atomic mass is 9.85. The van der Waals surface area contributed by atoms with Gasteiger partial charge in [0.15, 0.2) is 0 Å². The highest BCUT2D eigenvalue weighted by Gasteiger charge is 2.51. The van der Waals surface area contributed by atoms with Crippen molar-refractivity contribution in [3.8, 4) is 0 Å². The maximum Gasteiger partial charge on any atom is 0.326 e. The summed E-state index contributed by atoms with van der Waals surface area (Å²) in [7, 11) is 0. The molecule has 0 spiro atoms. The number of halogens is 1. The van der Waals surface area contributed by atoms with Crippen LogP contribution < -0.4 is 0 Å². The van der Waals surface area contributed by atoms with Gasteiger partial charge in [-0.1, -0.05) is 37.4 Å². The van der Waals surface area contributed by atoms with E-state index >= 15 is 0 Å². The molecule has 5 nitrogen and oxygen atoms in total. The molecule has 1 aliphatic heterocycles. The third-order valence-electron chi connectivity index (χ3n) is 4.03. The second-order valence-corrected chi connectivity index (χ2v) is 5.83. The zero-order chi connectivity index (χ0) is 14.9. The van der Waals surface area contributed by atoms with Crippen LogP contribution in [0.1, 0.15) is 39.0 Å². The number of carboxylic acid groups (broad SMARTS) is 1. The van der Waals surface area contributed by atoms with E-state index < -0.39 is 23.8 Å². The summed E-state index contributed by atoms with van der Waals surface area (Å²) < 4.78 is 0. The third kappa shape index (κ3) is 2.59. The summed E-state index contributed by atoms with van der Waals surface area (Å²) in [5.74, 6) is -2.77. The summed E-state index contributed by atoms with van der Waals surface area (Å²) in [5.41, 5.74) is 0. The largest absolute Gasteiger partial charge is 0.480 e. The van der Waals surface area contributed by atoms with Crippen LogP contribution in [-0.2, 0) is 14.4 Å². The lowest BCUT2D eigenvalue weighted by Crippen LogP contribution is -2.45. The average Bonchev–Trinajstić information content (AvgIpc) is 2.63. The van der Waals surface area contributed by atoms with Crippen molar-refractivity contribution in [3.05, 3.63) is 11.1 Å². The van der Waals surface area contributed by atoms with Gasteiger partial charge in [0.2, 0.25) is 11.8 Å². The molecule has 6 heteroatoms. The second kappa shape index (κ2) is 5.95. The van der Waals surface area contributed by atoms with Crippen molar-refractivity contribution >= 4 is 29.4 Å². The first-order valence-electron chi connectivity index (χ1n) is 6.91. The Morgan fingerprint density at radius 1 is 1.45 bits per heavy atom. The van der Waals surface area contributed by atoms with E-state index in [0.29, 0.717) is 30.7 Å². The van der Waals surface area contributed by atoms with Crippen LogP contribution in [0.15, 0.2) is 11.1 Å². The molecule has 3 atom stereocenters. The van der Waals surface area contributed by atoms with Crippen LogP contribution in [0.2, 0.25) is 0 Å². The molecule has 2 rings (SSSR count). The molecule has 1 fully saturated rings. The fourth-order valence-corrected chi connectivity index (χ4v) is 3.18. The zero-order valence-electron chi connectivity index (χ0n) is 11.3. The van der Waals surface area contributed by atoms with Gasteiger partial charge in [-0.25, -0.2) is 4.79 Å². The van der Waals surface area contributed by atoms with E-state index in [1.54, 1.807) is 6.08 Å². The number of rotatable bonds is 5. The van der Waals surface area contributed by atoms with Crippen molar-refractivity contribution in [2.45, 2.75) is 45.1 Å². The fourth-order valence-electron chi connectivity index (χ4n) is 2.92. The molecular formula is C14H18ClNO4. The van der Waals surface area contributed by atoms with Crippen molar-refractivity contribution in [2.75, 3.05) is 0 Å².